The van der Waals surface area contributed by atoms with Crippen LogP contribution < -0.4 is 10.5 Å². The van der Waals surface area contributed by atoms with E-state index in [4.69, 9.17) is 15.5 Å². The van der Waals surface area contributed by atoms with Gasteiger partial charge in [-0.3, -0.25) is 4.79 Å². The van der Waals surface area contributed by atoms with Gasteiger partial charge < -0.3 is 20.5 Å². The molecule has 0 spiro atoms. The van der Waals surface area contributed by atoms with Crippen molar-refractivity contribution < 1.29 is 14.6 Å². The number of likely N-dealkylation sites (tertiary alicyclic amines) is 1. The van der Waals surface area contributed by atoms with Crippen molar-refractivity contribution in [1.82, 2.24) is 14.9 Å². The Kier molecular flexibility index (Phi) is 6.06. The third kappa shape index (κ3) is 4.47. The first-order valence-corrected chi connectivity index (χ1v) is 12.9. The van der Waals surface area contributed by atoms with Gasteiger partial charge in [0.05, 0.1) is 5.71 Å². The molecule has 1 saturated carbocycles. The number of aliphatic hydroxyl groups excluding tert-OH is 1. The van der Waals surface area contributed by atoms with E-state index in [0.29, 0.717) is 41.6 Å². The first-order valence-electron chi connectivity index (χ1n) is 12.9. The van der Waals surface area contributed by atoms with E-state index in [-0.39, 0.29) is 11.3 Å². The Morgan fingerprint density at radius 1 is 1.08 bits per heavy atom. The zero-order valence-corrected chi connectivity index (χ0v) is 21.9. The van der Waals surface area contributed by atoms with E-state index in [1.54, 1.807) is 6.92 Å². The number of carbonyl (C=O) groups excluding carboxylic acids is 1. The van der Waals surface area contributed by atoms with Crippen LogP contribution in [0.4, 0.5) is 11.5 Å². The summed E-state index contributed by atoms with van der Waals surface area (Å²) in [6.45, 7) is 11.1. The molecule has 1 atom stereocenters. The van der Waals surface area contributed by atoms with Crippen LogP contribution in [-0.2, 0) is 4.79 Å². The van der Waals surface area contributed by atoms with Gasteiger partial charge in [-0.25, -0.2) is 9.98 Å². The lowest BCUT2D eigenvalue weighted by atomic mass is 9.78. The van der Waals surface area contributed by atoms with Crippen LogP contribution in [0, 0.1) is 18.3 Å². The summed E-state index contributed by atoms with van der Waals surface area (Å²) in [6.07, 6.45) is 3.52. The molecule has 2 fully saturated rings. The highest BCUT2D eigenvalue weighted by atomic mass is 16.5. The van der Waals surface area contributed by atoms with Gasteiger partial charge in [0, 0.05) is 24.1 Å². The molecule has 1 aromatic heterocycles. The molecule has 192 valence electrons. The number of aliphatic hydroxyl groups is 1. The fraction of sp³-hybridized carbons (Fsp3) is 0.571. The van der Waals surface area contributed by atoms with Gasteiger partial charge in [0.2, 0.25) is 5.88 Å². The Hall–Kier alpha value is -3.00. The molecule has 1 saturated heterocycles. The fourth-order valence-corrected chi connectivity index (χ4v) is 5.91. The maximum absolute atomic E-state index is 12.4. The molecule has 1 aliphatic carbocycles. The van der Waals surface area contributed by atoms with E-state index in [1.165, 1.54) is 5.56 Å². The number of nitrogens with zero attached hydrogens (tertiary/aromatic N) is 4. The molecule has 8 heteroatoms. The average molecular weight is 492 g/mol. The maximum Gasteiger partial charge on any atom is 0.252 e. The molecule has 1 amide bonds. The molecular weight excluding hydrogens is 454 g/mol. The smallest absolute Gasteiger partial charge is 0.252 e. The number of aromatic nitrogens is 2. The van der Waals surface area contributed by atoms with Crippen molar-refractivity contribution in [2.75, 3.05) is 18.8 Å². The minimum Gasteiger partial charge on any atom is -0.463 e. The molecule has 3 N–H and O–H groups in total. The number of amides is 1. The number of hydrogen-bond donors (Lipinski definition) is 2. The highest BCUT2D eigenvalue weighted by Crippen LogP contribution is 2.41. The zero-order valence-electron chi connectivity index (χ0n) is 21.9. The molecule has 2 aromatic rings. The predicted octanol–water partition coefficient (Wildman–Crippen LogP) is 4.16. The summed E-state index contributed by atoms with van der Waals surface area (Å²) in [7, 11) is 0. The monoisotopic (exact) mass is 491 g/mol. The number of nitrogen functional groups attached to an aromatic ring is 1. The number of aliphatic imine (C=N–C) groups is 1. The van der Waals surface area contributed by atoms with E-state index in [9.17, 15) is 9.90 Å². The normalized spacial score (nSPS) is 26.8. The summed E-state index contributed by atoms with van der Waals surface area (Å²) in [4.78, 5) is 27.7. The Bertz CT molecular complexity index is 1200. The lowest BCUT2D eigenvalue weighted by molar-refractivity contribution is -0.136. The third-order valence-electron chi connectivity index (χ3n) is 8.00. The third-order valence-corrected chi connectivity index (χ3v) is 8.00. The Morgan fingerprint density at radius 3 is 2.36 bits per heavy atom. The van der Waals surface area contributed by atoms with Crippen LogP contribution in [0.15, 0.2) is 29.3 Å². The van der Waals surface area contributed by atoms with Crippen molar-refractivity contribution in [2.24, 2.45) is 16.3 Å². The molecule has 5 rings (SSSR count). The summed E-state index contributed by atoms with van der Waals surface area (Å²) in [5.74, 6) is 2.21. The number of hydrogen-bond acceptors (Lipinski definition) is 7. The van der Waals surface area contributed by atoms with Crippen molar-refractivity contribution in [3.05, 3.63) is 41.2 Å². The Morgan fingerprint density at radius 2 is 1.75 bits per heavy atom. The van der Waals surface area contributed by atoms with Crippen LogP contribution in [-0.4, -0.2) is 56.4 Å². The molecule has 3 heterocycles. The lowest BCUT2D eigenvalue weighted by Gasteiger charge is -2.33. The second-order valence-corrected chi connectivity index (χ2v) is 11.8. The number of rotatable bonds is 4. The molecule has 1 unspecified atom stereocenters. The van der Waals surface area contributed by atoms with E-state index in [2.05, 4.69) is 34.2 Å². The highest BCUT2D eigenvalue weighted by molar-refractivity contribution is 6.09. The largest absolute Gasteiger partial charge is 0.463 e. The summed E-state index contributed by atoms with van der Waals surface area (Å²) in [5.41, 5.74) is 8.73. The second-order valence-electron chi connectivity index (χ2n) is 11.8. The van der Waals surface area contributed by atoms with Crippen molar-refractivity contribution in [2.45, 2.75) is 77.9 Å². The van der Waals surface area contributed by atoms with Crippen molar-refractivity contribution in [1.29, 1.82) is 0 Å². The molecule has 2 aliphatic heterocycles. The van der Waals surface area contributed by atoms with Crippen LogP contribution in [0.2, 0.25) is 0 Å². The van der Waals surface area contributed by atoms with Gasteiger partial charge >= 0.3 is 0 Å². The Balaban J connectivity index is 1.25. The molecule has 36 heavy (non-hydrogen) atoms. The van der Waals surface area contributed by atoms with E-state index in [0.717, 1.165) is 43.5 Å². The molecule has 8 nitrogen and oxygen atoms in total. The zero-order chi connectivity index (χ0) is 25.8. The van der Waals surface area contributed by atoms with Gasteiger partial charge in [-0.2, -0.15) is 4.98 Å². The predicted molar refractivity (Wildman–Crippen MR) is 140 cm³/mol. The summed E-state index contributed by atoms with van der Waals surface area (Å²) >= 11 is 0. The lowest BCUT2D eigenvalue weighted by Crippen LogP contribution is -2.41. The number of benzene rings is 1. The number of anilines is 1. The molecule has 1 aromatic carbocycles. The Labute approximate surface area is 213 Å². The molecule has 0 bridgehead atoms. The number of nitrogens with two attached hydrogens (primary N) is 1. The minimum atomic E-state index is -0.877. The average Bonchev–Trinajstić information content (AvgIpc) is 3.00. The van der Waals surface area contributed by atoms with Crippen molar-refractivity contribution >= 4 is 23.1 Å². The standard InChI is InChI=1S/C28H37N5O3/c1-16-30-24(29)21-25(31-16)36-28(4,5)22(32-21)20-12-10-19(11-13-20)18-8-6-17(7-9-18)14-33-15-27(2,3)23(34)26(33)35/h10-13,17-18,23,34H,6-9,14-15H2,1-5H3,(H2,29,30,31)/t17-,18-,23?. The van der Waals surface area contributed by atoms with Gasteiger partial charge in [-0.15, -0.1) is 0 Å². The van der Waals surface area contributed by atoms with Crippen LogP contribution in [0.3, 0.4) is 0 Å². The van der Waals surface area contributed by atoms with Crippen LogP contribution in [0.25, 0.3) is 0 Å². The number of aryl methyl sites for hydroxylation is 1. The van der Waals surface area contributed by atoms with Gasteiger partial charge in [0.25, 0.3) is 5.91 Å². The fourth-order valence-electron chi connectivity index (χ4n) is 5.91. The SMILES string of the molecule is Cc1nc(N)c2c(n1)OC(C)(C)C(c1ccc([C@H]3CC[C@H](CN4CC(C)(C)C(O)C4=O)CC3)cc1)=N2. The molecule has 3 aliphatic rings. The summed E-state index contributed by atoms with van der Waals surface area (Å²) in [6, 6.07) is 8.64. The first-order chi connectivity index (χ1) is 16.9. The molecular formula is C28H37N5O3. The number of fused-ring (bicyclic) bond motifs is 1. The summed E-state index contributed by atoms with van der Waals surface area (Å²) < 4.78 is 6.18. The number of ether oxygens (including phenoxy) is 1. The minimum absolute atomic E-state index is 0.110. The van der Waals surface area contributed by atoms with Gasteiger partial charge in [0.15, 0.2) is 11.5 Å². The van der Waals surface area contributed by atoms with E-state index >= 15 is 0 Å². The molecule has 0 radical (unpaired) electrons. The van der Waals surface area contributed by atoms with Crippen LogP contribution in [0.1, 0.15) is 76.2 Å². The quantitative estimate of drug-likeness (QED) is 0.664. The maximum atomic E-state index is 12.4. The number of carbonyl (C=O) groups is 1. The van der Waals surface area contributed by atoms with Gasteiger partial charge in [0.1, 0.15) is 17.5 Å². The van der Waals surface area contributed by atoms with E-state index < -0.39 is 11.7 Å². The second kappa shape index (κ2) is 8.83. The topological polar surface area (TPSA) is 114 Å². The first kappa shape index (κ1) is 24.7. The van der Waals surface area contributed by atoms with Crippen molar-refractivity contribution in [3.8, 4) is 5.88 Å². The highest BCUT2D eigenvalue weighted by Gasteiger charge is 2.45. The van der Waals surface area contributed by atoms with Gasteiger partial charge in [-0.05, 0) is 63.9 Å². The van der Waals surface area contributed by atoms with Crippen molar-refractivity contribution in [3.63, 3.8) is 0 Å². The van der Waals surface area contributed by atoms with Crippen LogP contribution >= 0.6 is 0 Å². The summed E-state index contributed by atoms with van der Waals surface area (Å²) in [5, 5.41) is 10.2. The van der Waals surface area contributed by atoms with E-state index in [1.807, 2.05) is 32.6 Å². The van der Waals surface area contributed by atoms with Crippen LogP contribution in [0.5, 0.6) is 5.88 Å². The van der Waals surface area contributed by atoms with Gasteiger partial charge in [-0.1, -0.05) is 38.1 Å².